The lowest BCUT2D eigenvalue weighted by atomic mass is 10.1. The van der Waals surface area contributed by atoms with Gasteiger partial charge in [-0.15, -0.1) is 0 Å². The number of allylic oxidation sites excluding steroid dienone is 20. The number of unbranched alkanes of at least 4 members (excludes halogenated alkanes) is 12. The molecule has 0 saturated heterocycles. The first kappa shape index (κ1) is 54.3. The number of esters is 2. The molecule has 0 aromatic carbocycles. The van der Waals surface area contributed by atoms with Crippen LogP contribution in [0.15, 0.2) is 122 Å². The van der Waals surface area contributed by atoms with Gasteiger partial charge in [0.2, 0.25) is 0 Å². The van der Waals surface area contributed by atoms with E-state index in [1.807, 2.05) is 0 Å². The number of hydrogen-bond acceptors (Lipinski definition) is 5. The van der Waals surface area contributed by atoms with E-state index in [1.165, 1.54) is 38.5 Å². The Morgan fingerprint density at radius 2 is 0.690 bits per heavy atom. The molecule has 326 valence electrons. The molecule has 0 aliphatic heterocycles. The van der Waals surface area contributed by atoms with Crippen LogP contribution in [0, 0.1) is 0 Å². The van der Waals surface area contributed by atoms with Crippen molar-refractivity contribution in [1.29, 1.82) is 0 Å². The molecule has 0 rings (SSSR count). The van der Waals surface area contributed by atoms with E-state index in [9.17, 15) is 14.7 Å². The number of carbonyl (C=O) groups excluding carboxylic acids is 2. The molecule has 5 nitrogen and oxygen atoms in total. The van der Waals surface area contributed by atoms with Crippen LogP contribution in [-0.4, -0.2) is 36.4 Å². The average molecular weight is 801 g/mol. The van der Waals surface area contributed by atoms with Gasteiger partial charge in [-0.3, -0.25) is 9.59 Å². The maximum Gasteiger partial charge on any atom is 0.306 e. The van der Waals surface area contributed by atoms with Crippen molar-refractivity contribution >= 4 is 11.9 Å². The molecule has 0 aromatic rings. The van der Waals surface area contributed by atoms with E-state index < -0.39 is 6.10 Å². The lowest BCUT2D eigenvalue weighted by Gasteiger charge is -2.15. The Morgan fingerprint density at radius 1 is 0.397 bits per heavy atom. The van der Waals surface area contributed by atoms with Gasteiger partial charge in [-0.2, -0.15) is 0 Å². The highest BCUT2D eigenvalue weighted by Crippen LogP contribution is 2.12. The Labute approximate surface area is 356 Å². The van der Waals surface area contributed by atoms with Crippen LogP contribution in [-0.2, 0) is 19.1 Å². The summed E-state index contributed by atoms with van der Waals surface area (Å²) in [5.41, 5.74) is 0. The van der Waals surface area contributed by atoms with Crippen LogP contribution in [0.5, 0.6) is 0 Å². The lowest BCUT2D eigenvalue weighted by molar-refractivity contribution is -0.161. The van der Waals surface area contributed by atoms with Gasteiger partial charge in [-0.1, -0.05) is 187 Å². The number of carbonyl (C=O) groups is 2. The molecule has 0 radical (unpaired) electrons. The van der Waals surface area contributed by atoms with E-state index in [1.54, 1.807) is 0 Å². The fraction of sp³-hybridized carbons (Fsp3) is 0.585. The SMILES string of the molecule is CC/C=C\C/C=C\C/C=C\C/C=C\C/C=C\C/C=C\CCCCCCCCC(=O)OC(CO)COC(=O)CCCCCCCC/C=C\C/C=C\C/C=C\C/C=C\CC. The van der Waals surface area contributed by atoms with Crippen LogP contribution >= 0.6 is 0 Å². The molecule has 0 spiro atoms. The van der Waals surface area contributed by atoms with E-state index in [0.29, 0.717) is 12.8 Å². The molecule has 0 heterocycles. The maximum atomic E-state index is 12.2. The molecule has 1 unspecified atom stereocenters. The third kappa shape index (κ3) is 45.0. The zero-order valence-corrected chi connectivity index (χ0v) is 37.0. The quantitative estimate of drug-likeness (QED) is 0.0380. The number of aliphatic hydroxyl groups is 1. The number of rotatable bonds is 40. The standard InChI is InChI=1S/C53H84O5/c1-3-5-7-9-11-13-15-17-19-21-23-24-25-26-27-28-30-32-34-36-38-40-42-44-46-48-53(56)58-51(49-54)50-57-52(55)47-45-43-41-39-37-35-33-31-29-22-20-18-16-14-12-10-8-6-4-2/h5-8,11-14,17-20,23-24,26-27,29-32,51,54H,3-4,9-10,15-16,21-22,25,28,33-50H2,1-2H3/b7-5-,8-6-,13-11-,14-12-,19-17-,20-18-,24-23-,27-26-,31-29-,32-30-. The third-order valence-electron chi connectivity index (χ3n) is 9.25. The number of ether oxygens (including phenoxy) is 2. The second-order valence-electron chi connectivity index (χ2n) is 14.7. The molecule has 58 heavy (non-hydrogen) atoms. The van der Waals surface area contributed by atoms with E-state index in [-0.39, 0.29) is 25.2 Å². The largest absolute Gasteiger partial charge is 0.462 e. The van der Waals surface area contributed by atoms with Crippen LogP contribution < -0.4 is 0 Å². The molecule has 0 aliphatic rings. The average Bonchev–Trinajstić information content (AvgIpc) is 3.23. The van der Waals surface area contributed by atoms with E-state index in [4.69, 9.17) is 9.47 Å². The predicted molar refractivity (Wildman–Crippen MR) is 251 cm³/mol. The fourth-order valence-electron chi connectivity index (χ4n) is 5.84. The molecular weight excluding hydrogens is 717 g/mol. The smallest absolute Gasteiger partial charge is 0.306 e. The molecule has 0 bridgehead atoms. The van der Waals surface area contributed by atoms with E-state index in [0.717, 1.165) is 116 Å². The van der Waals surface area contributed by atoms with Gasteiger partial charge in [0, 0.05) is 12.8 Å². The second-order valence-corrected chi connectivity index (χ2v) is 14.7. The number of hydrogen-bond donors (Lipinski definition) is 1. The Bertz CT molecular complexity index is 1220. The van der Waals surface area contributed by atoms with Crippen molar-refractivity contribution in [1.82, 2.24) is 0 Å². The molecule has 0 aromatic heterocycles. The Morgan fingerprint density at radius 3 is 1.03 bits per heavy atom. The summed E-state index contributed by atoms with van der Waals surface area (Å²) in [4.78, 5) is 24.4. The summed E-state index contributed by atoms with van der Waals surface area (Å²) in [6.45, 7) is 3.87. The Balaban J connectivity index is 3.65. The topological polar surface area (TPSA) is 72.8 Å². The lowest BCUT2D eigenvalue weighted by Crippen LogP contribution is -2.28. The number of aliphatic hydroxyl groups excluding tert-OH is 1. The highest BCUT2D eigenvalue weighted by atomic mass is 16.6. The molecule has 0 aliphatic carbocycles. The summed E-state index contributed by atoms with van der Waals surface area (Å²) in [6, 6.07) is 0. The molecule has 0 fully saturated rings. The highest BCUT2D eigenvalue weighted by Gasteiger charge is 2.16. The maximum absolute atomic E-state index is 12.2. The normalized spacial score (nSPS) is 13.4. The van der Waals surface area contributed by atoms with Gasteiger partial charge in [0.05, 0.1) is 6.61 Å². The summed E-state index contributed by atoms with van der Waals surface area (Å²) in [5.74, 6) is -0.635. The van der Waals surface area contributed by atoms with Gasteiger partial charge < -0.3 is 14.6 Å². The minimum Gasteiger partial charge on any atom is -0.462 e. The summed E-state index contributed by atoms with van der Waals surface area (Å²) >= 11 is 0. The first-order valence-electron chi connectivity index (χ1n) is 23.1. The van der Waals surface area contributed by atoms with Gasteiger partial charge in [0.1, 0.15) is 6.61 Å². The van der Waals surface area contributed by atoms with Crippen molar-refractivity contribution in [2.45, 2.75) is 187 Å². The van der Waals surface area contributed by atoms with Crippen LogP contribution in [0.4, 0.5) is 0 Å². The summed E-state index contributed by atoms with van der Waals surface area (Å²) < 4.78 is 10.6. The van der Waals surface area contributed by atoms with Crippen LogP contribution in [0.25, 0.3) is 0 Å². The van der Waals surface area contributed by atoms with Crippen molar-refractivity contribution < 1.29 is 24.2 Å². The van der Waals surface area contributed by atoms with Gasteiger partial charge in [-0.25, -0.2) is 0 Å². The fourth-order valence-corrected chi connectivity index (χ4v) is 5.84. The second kappa shape index (κ2) is 47.7. The van der Waals surface area contributed by atoms with Crippen molar-refractivity contribution in [3.63, 3.8) is 0 Å². The molecular formula is C53H84O5. The zero-order valence-electron chi connectivity index (χ0n) is 37.0. The van der Waals surface area contributed by atoms with Gasteiger partial charge >= 0.3 is 11.9 Å². The van der Waals surface area contributed by atoms with Gasteiger partial charge in [0.25, 0.3) is 0 Å². The molecule has 1 N–H and O–H groups in total. The van der Waals surface area contributed by atoms with Crippen molar-refractivity contribution in [2.24, 2.45) is 0 Å². The van der Waals surface area contributed by atoms with Crippen LogP contribution in [0.1, 0.15) is 181 Å². The zero-order chi connectivity index (χ0) is 42.1. The Hall–Kier alpha value is -3.70. The molecule has 5 heteroatoms. The highest BCUT2D eigenvalue weighted by molar-refractivity contribution is 5.70. The van der Waals surface area contributed by atoms with Gasteiger partial charge in [-0.05, 0) is 103 Å². The Kier molecular flexibility index (Phi) is 44.6. The monoisotopic (exact) mass is 801 g/mol. The minimum absolute atomic E-state index is 0.0882. The minimum atomic E-state index is -0.796. The van der Waals surface area contributed by atoms with Crippen LogP contribution in [0.3, 0.4) is 0 Å². The third-order valence-corrected chi connectivity index (χ3v) is 9.25. The molecule has 1 atom stereocenters. The molecule has 0 saturated carbocycles. The summed E-state index contributed by atoms with van der Waals surface area (Å²) in [7, 11) is 0. The predicted octanol–water partition coefficient (Wildman–Crippen LogP) is 15.2. The van der Waals surface area contributed by atoms with Crippen molar-refractivity contribution in [3.8, 4) is 0 Å². The van der Waals surface area contributed by atoms with Crippen LogP contribution in [0.2, 0.25) is 0 Å². The van der Waals surface area contributed by atoms with Crippen molar-refractivity contribution in [2.75, 3.05) is 13.2 Å². The first-order chi connectivity index (χ1) is 28.6. The summed E-state index contributed by atoms with van der Waals surface area (Å²) in [5, 5.41) is 9.60. The van der Waals surface area contributed by atoms with Crippen molar-refractivity contribution in [3.05, 3.63) is 122 Å². The van der Waals surface area contributed by atoms with Gasteiger partial charge in [0.15, 0.2) is 6.10 Å². The first-order valence-corrected chi connectivity index (χ1v) is 23.1. The van der Waals surface area contributed by atoms with E-state index in [2.05, 4.69) is 135 Å². The van der Waals surface area contributed by atoms with E-state index >= 15 is 0 Å². The summed E-state index contributed by atoms with van der Waals surface area (Å²) in [6.07, 6.45) is 69.8. The molecule has 0 amide bonds.